The minimum Gasteiger partial charge on any atom is -0.391 e. The van der Waals surface area contributed by atoms with E-state index in [1.165, 1.54) is 7.11 Å². The van der Waals surface area contributed by atoms with Crippen molar-refractivity contribution in [2.45, 2.75) is 123 Å². The average molecular weight is 571 g/mol. The average Bonchev–Trinajstić information content (AvgIpc) is 2.86. The van der Waals surface area contributed by atoms with Gasteiger partial charge in [0.05, 0.1) is 46.2 Å². The van der Waals surface area contributed by atoms with Crippen LogP contribution in [0, 0.1) is 0 Å². The molecule has 5 aliphatic carbocycles. The van der Waals surface area contributed by atoms with Crippen molar-refractivity contribution in [1.29, 1.82) is 0 Å². The number of methoxy groups -OCH3 is 1. The molecule has 3 N–H and O–H groups in total. The molecule has 0 aliphatic heterocycles. The molecule has 0 aromatic carbocycles. The lowest BCUT2D eigenvalue weighted by Gasteiger charge is -2.59. The molecule has 5 aliphatic rings. The molecule has 5 fully saturated rings. The molecule has 0 aromatic rings. The largest absolute Gasteiger partial charge is 0.391 e. The van der Waals surface area contributed by atoms with Crippen molar-refractivity contribution in [1.82, 2.24) is 10.6 Å². The van der Waals surface area contributed by atoms with Crippen LogP contribution in [-0.2, 0) is 23.8 Å². The molecule has 2 amide bonds. The number of ether oxygens (including phenoxy) is 3. The maximum absolute atomic E-state index is 13.9. The van der Waals surface area contributed by atoms with E-state index >= 15 is 0 Å². The lowest BCUT2D eigenvalue weighted by Crippen LogP contribution is -2.76. The second kappa shape index (κ2) is 12.2. The van der Waals surface area contributed by atoms with Crippen LogP contribution in [0.25, 0.3) is 0 Å². The molecular formula is C25H38Cl2F2N2O6. The topological polar surface area (TPSA) is 106 Å². The number of halogens is 4. The molecule has 12 heteroatoms. The molecular weight excluding hydrogens is 533 g/mol. The van der Waals surface area contributed by atoms with Gasteiger partial charge in [-0.15, -0.1) is 23.2 Å². The van der Waals surface area contributed by atoms with E-state index in [1.54, 1.807) is 0 Å². The highest BCUT2D eigenvalue weighted by molar-refractivity contribution is 6.21. The molecule has 0 aromatic heterocycles. The van der Waals surface area contributed by atoms with Crippen LogP contribution in [-0.4, -0.2) is 95.8 Å². The number of fused-ring (bicyclic) bond motifs is 3. The highest BCUT2D eigenvalue weighted by Crippen LogP contribution is 2.48. The van der Waals surface area contributed by atoms with Crippen LogP contribution in [0.3, 0.4) is 0 Å². The normalized spacial score (nSPS) is 43.8. The fraction of sp³-hybridized carbons (Fsp3) is 0.920. The lowest BCUT2D eigenvalue weighted by molar-refractivity contribution is -0.161. The smallest absolute Gasteiger partial charge is 0.246 e. The number of carbonyl (C=O) groups is 2. The molecule has 5 rings (SSSR count). The molecule has 2 bridgehead atoms. The molecule has 5 saturated carbocycles. The van der Waals surface area contributed by atoms with Crippen LogP contribution in [0.5, 0.6) is 0 Å². The van der Waals surface area contributed by atoms with Gasteiger partial charge in [0.1, 0.15) is 25.6 Å². The number of aliphatic hydroxyl groups is 1. The Hall–Kier alpha value is -0.780. The van der Waals surface area contributed by atoms with Gasteiger partial charge in [0.15, 0.2) is 0 Å². The van der Waals surface area contributed by atoms with Gasteiger partial charge in [-0.05, 0) is 38.5 Å². The molecule has 7 unspecified atom stereocenters. The fourth-order valence-electron chi connectivity index (χ4n) is 6.41. The summed E-state index contributed by atoms with van der Waals surface area (Å²) in [5.41, 5.74) is -1.71. The van der Waals surface area contributed by atoms with Crippen molar-refractivity contribution in [3.63, 3.8) is 0 Å². The summed E-state index contributed by atoms with van der Waals surface area (Å²) in [5, 5.41) is 16.0. The van der Waals surface area contributed by atoms with Crippen LogP contribution in [0.2, 0.25) is 0 Å². The summed E-state index contributed by atoms with van der Waals surface area (Å²) in [6, 6.07) is 0. The van der Waals surface area contributed by atoms with E-state index in [0.717, 1.165) is 0 Å². The van der Waals surface area contributed by atoms with Crippen molar-refractivity contribution in [3.8, 4) is 0 Å². The number of hydrogen-bond donors (Lipinski definition) is 3. The Morgan fingerprint density at radius 1 is 0.865 bits per heavy atom. The van der Waals surface area contributed by atoms with Crippen molar-refractivity contribution in [2.24, 2.45) is 0 Å². The number of amides is 2. The van der Waals surface area contributed by atoms with Gasteiger partial charge in [-0.3, -0.25) is 9.59 Å². The predicted molar refractivity (Wildman–Crippen MR) is 133 cm³/mol. The third-order valence-corrected chi connectivity index (χ3v) is 9.61. The number of nitrogens with one attached hydrogen (secondary N) is 2. The third kappa shape index (κ3) is 6.69. The first-order valence-electron chi connectivity index (χ1n) is 13.2. The molecule has 0 saturated heterocycles. The van der Waals surface area contributed by atoms with Crippen molar-refractivity contribution < 1.29 is 37.7 Å². The Kier molecular flexibility index (Phi) is 9.61. The second-order valence-corrected chi connectivity index (χ2v) is 12.2. The number of carbonyl (C=O) groups excluding carboxylic acids is 2. The summed E-state index contributed by atoms with van der Waals surface area (Å²) in [7, 11) is 1.54. The van der Waals surface area contributed by atoms with Crippen molar-refractivity contribution in [2.75, 3.05) is 20.3 Å². The van der Waals surface area contributed by atoms with Crippen molar-refractivity contribution in [3.05, 3.63) is 0 Å². The van der Waals surface area contributed by atoms with Gasteiger partial charge in [-0.25, -0.2) is 8.78 Å². The van der Waals surface area contributed by atoms with Crippen LogP contribution in [0.15, 0.2) is 0 Å². The maximum atomic E-state index is 13.9. The first-order valence-corrected chi connectivity index (χ1v) is 14.1. The molecule has 0 radical (unpaired) electrons. The maximum Gasteiger partial charge on any atom is 0.246 e. The number of aliphatic hydroxyl groups excluding tert-OH is 1. The Labute approximate surface area is 226 Å². The zero-order valence-electron chi connectivity index (χ0n) is 21.1. The SMILES string of the molecule is CO[C@@H]1C[C@]2(NC(=O)COC3CCC(Cl)C(F)C3)CC[C@@]1(NC(=O)COC1CCC(Cl)C(F)C1)CC2O. The van der Waals surface area contributed by atoms with Gasteiger partial charge in [-0.1, -0.05) is 0 Å². The molecule has 0 spiro atoms. The second-order valence-electron chi connectivity index (χ2n) is 11.1. The van der Waals surface area contributed by atoms with E-state index in [2.05, 4.69) is 10.6 Å². The van der Waals surface area contributed by atoms with Gasteiger partial charge >= 0.3 is 0 Å². The predicted octanol–water partition coefficient (Wildman–Crippen LogP) is 2.69. The quantitative estimate of drug-likeness (QED) is 0.368. The molecule has 0 heterocycles. The minimum absolute atomic E-state index is 0.162. The Morgan fingerprint density at radius 3 is 1.81 bits per heavy atom. The summed E-state index contributed by atoms with van der Waals surface area (Å²) in [6.07, 6.45) is -0.431. The lowest BCUT2D eigenvalue weighted by atomic mass is 9.58. The summed E-state index contributed by atoms with van der Waals surface area (Å²) in [5.74, 6) is -0.746. The van der Waals surface area contributed by atoms with E-state index in [9.17, 15) is 23.5 Å². The molecule has 212 valence electrons. The summed E-state index contributed by atoms with van der Waals surface area (Å²) in [4.78, 5) is 25.5. The third-order valence-electron chi connectivity index (χ3n) is 8.63. The van der Waals surface area contributed by atoms with E-state index in [4.69, 9.17) is 37.4 Å². The van der Waals surface area contributed by atoms with E-state index < -0.39 is 46.4 Å². The Balaban J connectivity index is 1.28. The van der Waals surface area contributed by atoms with Crippen LogP contribution in [0.1, 0.15) is 64.2 Å². The monoisotopic (exact) mass is 570 g/mol. The molecule has 8 nitrogen and oxygen atoms in total. The van der Waals surface area contributed by atoms with Gasteiger partial charge in [0.2, 0.25) is 11.8 Å². The van der Waals surface area contributed by atoms with Crippen LogP contribution < -0.4 is 10.6 Å². The zero-order valence-corrected chi connectivity index (χ0v) is 22.6. The first kappa shape index (κ1) is 29.2. The standard InChI is InChI=1S/C25H38Cl2F2N2O6/c1-35-21-11-24(30-22(33)12-36-14-2-4-16(26)18(28)8-14)6-7-25(21,10-20(24)32)31-23(34)13-37-15-3-5-17(27)19(29)9-15/h14-21,32H,2-13H2,1H3,(H,30,33)(H,31,34)/t14?,15?,16?,17?,18?,19?,20?,21-,24-,25-/m1/s1. The van der Waals surface area contributed by atoms with E-state index in [-0.39, 0.29) is 56.5 Å². The summed E-state index contributed by atoms with van der Waals surface area (Å²) >= 11 is 11.8. The minimum atomic E-state index is -1.15. The molecule has 10 atom stereocenters. The van der Waals surface area contributed by atoms with Gasteiger partial charge < -0.3 is 30.0 Å². The van der Waals surface area contributed by atoms with Gasteiger partial charge in [-0.2, -0.15) is 0 Å². The number of hydrogen-bond acceptors (Lipinski definition) is 6. The van der Waals surface area contributed by atoms with Gasteiger partial charge in [0, 0.05) is 32.8 Å². The van der Waals surface area contributed by atoms with E-state index in [0.29, 0.717) is 44.9 Å². The van der Waals surface area contributed by atoms with E-state index in [1.807, 2.05) is 0 Å². The van der Waals surface area contributed by atoms with Crippen LogP contribution in [0.4, 0.5) is 8.78 Å². The summed E-state index contributed by atoms with van der Waals surface area (Å²) < 4.78 is 44.7. The zero-order chi connectivity index (χ0) is 26.8. The highest BCUT2D eigenvalue weighted by atomic mass is 35.5. The highest BCUT2D eigenvalue weighted by Gasteiger charge is 2.60. The first-order chi connectivity index (χ1) is 17.6. The van der Waals surface area contributed by atoms with Crippen LogP contribution >= 0.6 is 23.2 Å². The van der Waals surface area contributed by atoms with Gasteiger partial charge in [0.25, 0.3) is 0 Å². The Bertz CT molecular complexity index is 830. The fourth-order valence-corrected chi connectivity index (χ4v) is 6.87. The number of rotatable bonds is 9. The Morgan fingerprint density at radius 2 is 1.35 bits per heavy atom. The summed E-state index contributed by atoms with van der Waals surface area (Å²) in [6.45, 7) is -0.454. The number of alkyl halides is 4. The van der Waals surface area contributed by atoms with Crippen molar-refractivity contribution >= 4 is 35.0 Å². The molecule has 37 heavy (non-hydrogen) atoms.